The number of alkyl halides is 3. The molecular weight excluding hydrogens is 742 g/mol. The summed E-state index contributed by atoms with van der Waals surface area (Å²) in [5, 5.41) is 13.2. The number of carbonyl (C=O) groups excluding carboxylic acids is 1. The van der Waals surface area contributed by atoms with Crippen LogP contribution in [0.5, 0.6) is 11.8 Å². The Balaban J connectivity index is 1.40. The largest absolute Gasteiger partial charge is 0.490 e. The average Bonchev–Trinajstić information content (AvgIpc) is 3.89. The van der Waals surface area contributed by atoms with Gasteiger partial charge in [0.05, 0.1) is 33.8 Å². The molecule has 3 fully saturated rings. The smallest absolute Gasteiger partial charge is 0.420 e. The molecule has 4 aliphatic heterocycles. The second kappa shape index (κ2) is 13.8. The normalized spacial score (nSPS) is 20.9. The molecule has 0 spiro atoms. The van der Waals surface area contributed by atoms with Crippen molar-refractivity contribution < 1.29 is 36.2 Å². The van der Waals surface area contributed by atoms with E-state index in [1.54, 1.807) is 23.6 Å². The zero-order valence-electron chi connectivity index (χ0n) is 30.7. The van der Waals surface area contributed by atoms with Gasteiger partial charge in [0.15, 0.2) is 5.82 Å². The predicted molar refractivity (Wildman–Crippen MR) is 200 cm³/mol. The first-order chi connectivity index (χ1) is 26.3. The fourth-order valence-electron chi connectivity index (χ4n) is 9.16. The van der Waals surface area contributed by atoms with Crippen molar-refractivity contribution >= 4 is 49.1 Å². The number of anilines is 2. The van der Waals surface area contributed by atoms with Gasteiger partial charge in [-0.3, -0.25) is 9.69 Å². The Hall–Kier alpha value is -4.75. The summed E-state index contributed by atoms with van der Waals surface area (Å²) in [5.41, 5.74) is -3.48. The van der Waals surface area contributed by atoms with Gasteiger partial charge in [0.25, 0.3) is 0 Å². The first kappa shape index (κ1) is 37.2. The van der Waals surface area contributed by atoms with Crippen LogP contribution in [0.25, 0.3) is 32.1 Å². The number of hydrogen-bond donors (Lipinski definition) is 1. The Morgan fingerprint density at radius 3 is 2.60 bits per heavy atom. The number of thiophene rings is 1. The highest BCUT2D eigenvalue weighted by Gasteiger charge is 2.47. The molecule has 6 heterocycles. The lowest BCUT2D eigenvalue weighted by Crippen LogP contribution is -2.46. The summed E-state index contributed by atoms with van der Waals surface area (Å²) in [6.07, 6.45) is 0.264. The molecule has 2 aromatic carbocycles. The highest BCUT2D eigenvalue weighted by molar-refractivity contribution is 7.23. The number of ether oxygens (including phenoxy) is 2. The van der Waals surface area contributed by atoms with E-state index >= 15 is 22.0 Å². The molecule has 55 heavy (non-hydrogen) atoms. The molecule has 0 radical (unpaired) electrons. The van der Waals surface area contributed by atoms with Gasteiger partial charge in [0, 0.05) is 29.6 Å². The van der Waals surface area contributed by atoms with Crippen LogP contribution in [0, 0.1) is 23.0 Å². The third kappa shape index (κ3) is 6.01. The minimum Gasteiger partial charge on any atom is -0.490 e. The number of nitrogens with zero attached hydrogens (tertiary/aromatic N) is 6. The topological polar surface area (TPSA) is 107 Å². The van der Waals surface area contributed by atoms with Crippen molar-refractivity contribution in [3.8, 4) is 29.0 Å². The van der Waals surface area contributed by atoms with Gasteiger partial charge < -0.3 is 24.6 Å². The summed E-state index contributed by atoms with van der Waals surface area (Å²) in [6, 6.07) is 2.84. The first-order valence-corrected chi connectivity index (χ1v) is 19.4. The Labute approximate surface area is 318 Å². The van der Waals surface area contributed by atoms with E-state index in [-0.39, 0.29) is 80.7 Å². The van der Waals surface area contributed by atoms with E-state index in [0.29, 0.717) is 13.0 Å². The lowest BCUT2D eigenvalue weighted by Gasteiger charge is -2.34. The van der Waals surface area contributed by atoms with Crippen LogP contribution < -0.4 is 19.7 Å². The Morgan fingerprint density at radius 2 is 1.93 bits per heavy atom. The maximum Gasteiger partial charge on any atom is 0.420 e. The van der Waals surface area contributed by atoms with Crippen LogP contribution in [0.4, 0.5) is 32.8 Å². The van der Waals surface area contributed by atoms with E-state index in [4.69, 9.17) is 14.5 Å². The second-order valence-electron chi connectivity index (χ2n) is 15.0. The number of halogens is 5. The summed E-state index contributed by atoms with van der Waals surface area (Å²) >= 11 is 0.874. The van der Waals surface area contributed by atoms with E-state index < -0.39 is 52.3 Å². The number of amides is 1. The minimum atomic E-state index is -5.19. The van der Waals surface area contributed by atoms with Gasteiger partial charge in [0.2, 0.25) is 5.91 Å². The van der Waals surface area contributed by atoms with Crippen LogP contribution in [-0.4, -0.2) is 88.7 Å². The fourth-order valence-corrected chi connectivity index (χ4v) is 10.4. The van der Waals surface area contributed by atoms with Crippen LogP contribution in [0.3, 0.4) is 0 Å². The molecule has 290 valence electrons. The van der Waals surface area contributed by atoms with Crippen molar-refractivity contribution in [2.45, 2.75) is 82.7 Å². The maximum absolute atomic E-state index is 17.6. The van der Waals surface area contributed by atoms with Crippen molar-refractivity contribution in [2.75, 3.05) is 49.6 Å². The SMILES string of the molecule is C=CC(=O)N1CCC(N2CCOc3c(C(F)(F)F)c(-c4ccc(F)c5sc(NC(C)C)c(C#N)c45)c(F)c4nc(OCC56CCCN5CCC6)nc2c34)C1C. The maximum atomic E-state index is 17.6. The van der Waals surface area contributed by atoms with Crippen molar-refractivity contribution in [2.24, 2.45) is 0 Å². The van der Waals surface area contributed by atoms with E-state index in [1.807, 2.05) is 13.0 Å². The number of likely N-dealkylation sites (tertiary alicyclic amines) is 1. The van der Waals surface area contributed by atoms with Gasteiger partial charge in [-0.2, -0.15) is 28.4 Å². The zero-order chi connectivity index (χ0) is 39.0. The molecule has 16 heteroatoms. The number of benzene rings is 2. The molecule has 2 unspecified atom stereocenters. The Kier molecular flexibility index (Phi) is 9.31. The summed E-state index contributed by atoms with van der Waals surface area (Å²) in [4.78, 5) is 27.8. The quantitative estimate of drug-likeness (QED) is 0.141. The number of nitriles is 1. The third-order valence-corrected chi connectivity index (χ3v) is 12.7. The second-order valence-corrected chi connectivity index (χ2v) is 16.1. The Bertz CT molecular complexity index is 2260. The molecule has 2 atom stereocenters. The van der Waals surface area contributed by atoms with E-state index in [9.17, 15) is 10.1 Å². The number of nitrogens with one attached hydrogen (secondary N) is 1. The van der Waals surface area contributed by atoms with Gasteiger partial charge in [-0.05, 0) is 83.7 Å². The summed E-state index contributed by atoms with van der Waals surface area (Å²) < 4.78 is 92.2. The molecule has 2 aromatic heterocycles. The number of carbonyl (C=O) groups is 1. The standard InChI is InChI=1S/C39H40F5N7O3S/c1-5-26(52)50-15-10-25(21(50)4)51-16-17-53-33-29-32(47-37(48-35(29)51)54-19-38-11-6-13-49(38)14-7-12-38)31(41)28(30(33)39(42,43)44)22-8-9-24(40)34-27(22)23(18-45)36(55-34)46-20(2)3/h5,8-9,20-21,25,46H,1,6-7,10-17,19H2,2-4H3. The highest BCUT2D eigenvalue weighted by atomic mass is 32.1. The first-order valence-electron chi connectivity index (χ1n) is 18.5. The third-order valence-electron chi connectivity index (χ3n) is 11.6. The van der Waals surface area contributed by atoms with Gasteiger partial charge in [-0.15, -0.1) is 11.3 Å². The minimum absolute atomic E-state index is 0.00122. The van der Waals surface area contributed by atoms with Crippen molar-refractivity contribution in [3.05, 3.63) is 47.5 Å². The summed E-state index contributed by atoms with van der Waals surface area (Å²) in [5.74, 6) is -3.06. The molecule has 4 aromatic rings. The number of rotatable bonds is 8. The molecule has 0 aliphatic carbocycles. The molecule has 1 amide bonds. The van der Waals surface area contributed by atoms with Crippen molar-refractivity contribution in [1.82, 2.24) is 19.8 Å². The summed E-state index contributed by atoms with van der Waals surface area (Å²) in [7, 11) is 0. The van der Waals surface area contributed by atoms with Crippen molar-refractivity contribution in [1.29, 1.82) is 5.26 Å². The average molecular weight is 782 g/mol. The molecule has 10 nitrogen and oxygen atoms in total. The van der Waals surface area contributed by atoms with Gasteiger partial charge in [0.1, 0.15) is 52.7 Å². The van der Waals surface area contributed by atoms with Crippen molar-refractivity contribution in [3.63, 3.8) is 0 Å². The van der Waals surface area contributed by atoms with E-state index in [1.165, 1.54) is 6.08 Å². The molecule has 3 saturated heterocycles. The van der Waals surface area contributed by atoms with Crippen LogP contribution in [-0.2, 0) is 11.0 Å². The molecule has 0 saturated carbocycles. The number of hydrogen-bond acceptors (Lipinski definition) is 10. The van der Waals surface area contributed by atoms with Crippen LogP contribution >= 0.6 is 11.3 Å². The monoisotopic (exact) mass is 781 g/mol. The van der Waals surface area contributed by atoms with Crippen LogP contribution in [0.1, 0.15) is 64.0 Å². The molecule has 4 aliphatic rings. The predicted octanol–water partition coefficient (Wildman–Crippen LogP) is 7.88. The summed E-state index contributed by atoms with van der Waals surface area (Å²) in [6.45, 7) is 11.3. The van der Waals surface area contributed by atoms with Crippen LogP contribution in [0.2, 0.25) is 0 Å². The molecule has 0 bridgehead atoms. The molecule has 8 rings (SSSR count). The van der Waals surface area contributed by atoms with Crippen LogP contribution in [0.15, 0.2) is 24.8 Å². The number of fused-ring (bicyclic) bond motifs is 2. The lowest BCUT2D eigenvalue weighted by molar-refractivity contribution is -0.138. The van der Waals surface area contributed by atoms with Gasteiger partial charge in [-0.1, -0.05) is 12.6 Å². The van der Waals surface area contributed by atoms with E-state index in [2.05, 4.69) is 21.8 Å². The Morgan fingerprint density at radius 1 is 1.18 bits per heavy atom. The number of aromatic nitrogens is 2. The van der Waals surface area contributed by atoms with Gasteiger partial charge in [-0.25, -0.2) is 8.78 Å². The highest BCUT2D eigenvalue weighted by Crippen LogP contribution is 2.54. The lowest BCUT2D eigenvalue weighted by atomic mass is 9.91. The fraction of sp³-hybridized carbons (Fsp3) is 0.487. The molecule has 1 N–H and O–H groups in total. The molecular formula is C39H40F5N7O3S. The van der Waals surface area contributed by atoms with E-state index in [0.717, 1.165) is 62.2 Å². The van der Waals surface area contributed by atoms with Gasteiger partial charge >= 0.3 is 12.2 Å². The zero-order valence-corrected chi connectivity index (χ0v) is 31.5.